The number of nitrogens with zero attached hydrogens (tertiary/aromatic N) is 3. The van der Waals surface area contributed by atoms with Crippen LogP contribution in [0.4, 0.5) is 0 Å². The third-order valence-corrected chi connectivity index (χ3v) is 3.19. The summed E-state index contributed by atoms with van der Waals surface area (Å²) in [5.41, 5.74) is 0. The van der Waals surface area contributed by atoms with E-state index in [2.05, 4.69) is 25.4 Å². The monoisotopic (exact) mass is 251 g/mol. The van der Waals surface area contributed by atoms with E-state index in [9.17, 15) is 4.79 Å². The quantitative estimate of drug-likeness (QED) is 0.756. The predicted octanol–water partition coefficient (Wildman–Crippen LogP) is 0.719. The summed E-state index contributed by atoms with van der Waals surface area (Å²) in [5, 5.41) is 9.33. The number of rotatable bonds is 5. The van der Waals surface area contributed by atoms with Crippen LogP contribution in [0.1, 0.15) is 42.1 Å². The zero-order chi connectivity index (χ0) is 12.8. The van der Waals surface area contributed by atoms with Crippen LogP contribution < -0.4 is 5.32 Å². The van der Waals surface area contributed by atoms with Gasteiger partial charge in [-0.3, -0.25) is 9.89 Å². The fourth-order valence-electron chi connectivity index (χ4n) is 2.21. The van der Waals surface area contributed by atoms with E-state index < -0.39 is 0 Å². The molecule has 0 bridgehead atoms. The number of aromatic amines is 1. The molecule has 6 heteroatoms. The minimum absolute atomic E-state index is 0.196. The fourth-order valence-corrected chi connectivity index (χ4v) is 2.21. The topological polar surface area (TPSA) is 73.9 Å². The first kappa shape index (κ1) is 13.0. The number of H-pyrrole nitrogens is 1. The molecule has 0 saturated carbocycles. The Morgan fingerprint density at radius 2 is 2.17 bits per heavy atom. The Labute approximate surface area is 107 Å². The van der Waals surface area contributed by atoms with Crippen LogP contribution in [0.3, 0.4) is 0 Å². The number of carbonyl (C=O) groups excluding carboxylic acids is 1. The third-order valence-electron chi connectivity index (χ3n) is 3.19. The molecule has 0 spiro atoms. The maximum atomic E-state index is 11.6. The van der Waals surface area contributed by atoms with Crippen LogP contribution in [0.25, 0.3) is 0 Å². The molecule has 0 unspecified atom stereocenters. The summed E-state index contributed by atoms with van der Waals surface area (Å²) in [6.45, 7) is 5.93. The molecule has 0 aliphatic carbocycles. The van der Waals surface area contributed by atoms with E-state index in [1.165, 1.54) is 32.4 Å². The van der Waals surface area contributed by atoms with Gasteiger partial charge in [-0.1, -0.05) is 6.42 Å². The highest BCUT2D eigenvalue weighted by Gasteiger charge is 2.11. The Morgan fingerprint density at radius 3 is 2.83 bits per heavy atom. The van der Waals surface area contributed by atoms with Gasteiger partial charge in [0.25, 0.3) is 5.91 Å². The molecular weight excluding hydrogens is 230 g/mol. The highest BCUT2D eigenvalue weighted by Crippen LogP contribution is 2.08. The van der Waals surface area contributed by atoms with Gasteiger partial charge in [0.1, 0.15) is 5.82 Å². The SMILES string of the molecule is Cc1nc(C(=O)NCCCN2CCCCC2)n[nH]1. The van der Waals surface area contributed by atoms with Crippen molar-refractivity contribution in [3.05, 3.63) is 11.6 Å². The lowest BCUT2D eigenvalue weighted by Gasteiger charge is -2.26. The van der Waals surface area contributed by atoms with E-state index >= 15 is 0 Å². The fraction of sp³-hybridized carbons (Fsp3) is 0.750. The second kappa shape index (κ2) is 6.49. The number of likely N-dealkylation sites (tertiary alicyclic amines) is 1. The molecule has 2 heterocycles. The first-order chi connectivity index (χ1) is 8.75. The number of amides is 1. The number of aryl methyl sites for hydroxylation is 1. The maximum absolute atomic E-state index is 11.6. The number of aromatic nitrogens is 3. The van der Waals surface area contributed by atoms with Crippen LogP contribution in [0, 0.1) is 6.92 Å². The van der Waals surface area contributed by atoms with Crippen molar-refractivity contribution in [2.24, 2.45) is 0 Å². The van der Waals surface area contributed by atoms with Crippen LogP contribution in [0.15, 0.2) is 0 Å². The standard InChI is InChI=1S/C12H21N5O/c1-10-14-11(16-15-10)12(18)13-6-5-9-17-7-3-2-4-8-17/h2-9H2,1H3,(H,13,18)(H,14,15,16). The average Bonchev–Trinajstić information content (AvgIpc) is 2.82. The van der Waals surface area contributed by atoms with Gasteiger partial charge < -0.3 is 10.2 Å². The van der Waals surface area contributed by atoms with E-state index in [0.717, 1.165) is 13.0 Å². The second-order valence-corrected chi connectivity index (χ2v) is 4.76. The lowest BCUT2D eigenvalue weighted by molar-refractivity contribution is 0.0941. The Hall–Kier alpha value is -1.43. The van der Waals surface area contributed by atoms with Gasteiger partial charge in [-0.15, -0.1) is 5.10 Å². The van der Waals surface area contributed by atoms with E-state index in [1.807, 2.05) is 0 Å². The Balaban J connectivity index is 1.61. The zero-order valence-corrected chi connectivity index (χ0v) is 10.9. The van der Waals surface area contributed by atoms with E-state index in [4.69, 9.17) is 0 Å². The van der Waals surface area contributed by atoms with E-state index in [1.54, 1.807) is 6.92 Å². The molecule has 0 atom stereocenters. The minimum Gasteiger partial charge on any atom is -0.349 e. The lowest BCUT2D eigenvalue weighted by atomic mass is 10.1. The van der Waals surface area contributed by atoms with Crippen molar-refractivity contribution in [2.75, 3.05) is 26.2 Å². The highest BCUT2D eigenvalue weighted by atomic mass is 16.2. The first-order valence-electron chi connectivity index (χ1n) is 6.65. The molecule has 18 heavy (non-hydrogen) atoms. The Morgan fingerprint density at radius 1 is 1.39 bits per heavy atom. The minimum atomic E-state index is -0.196. The predicted molar refractivity (Wildman–Crippen MR) is 68.4 cm³/mol. The van der Waals surface area contributed by atoms with Crippen molar-refractivity contribution in [3.63, 3.8) is 0 Å². The Kier molecular flexibility index (Phi) is 4.69. The number of hydrogen-bond donors (Lipinski definition) is 2. The van der Waals surface area contributed by atoms with Crippen LogP contribution in [0.5, 0.6) is 0 Å². The van der Waals surface area contributed by atoms with Crippen LogP contribution in [-0.2, 0) is 0 Å². The molecule has 1 aliphatic rings. The van der Waals surface area contributed by atoms with Crippen molar-refractivity contribution in [2.45, 2.75) is 32.6 Å². The van der Waals surface area contributed by atoms with Gasteiger partial charge in [0.05, 0.1) is 0 Å². The van der Waals surface area contributed by atoms with Crippen molar-refractivity contribution in [1.82, 2.24) is 25.4 Å². The highest BCUT2D eigenvalue weighted by molar-refractivity contribution is 5.90. The second-order valence-electron chi connectivity index (χ2n) is 4.76. The summed E-state index contributed by atoms with van der Waals surface area (Å²) < 4.78 is 0. The maximum Gasteiger partial charge on any atom is 0.290 e. The summed E-state index contributed by atoms with van der Waals surface area (Å²) >= 11 is 0. The lowest BCUT2D eigenvalue weighted by Crippen LogP contribution is -2.33. The van der Waals surface area contributed by atoms with Crippen molar-refractivity contribution in [3.8, 4) is 0 Å². The van der Waals surface area contributed by atoms with E-state index in [0.29, 0.717) is 12.4 Å². The molecule has 0 radical (unpaired) electrons. The number of hydrogen-bond acceptors (Lipinski definition) is 4. The molecular formula is C12H21N5O. The Bertz CT molecular complexity index is 384. The molecule has 1 amide bonds. The van der Waals surface area contributed by atoms with Crippen LogP contribution >= 0.6 is 0 Å². The molecule has 1 aromatic rings. The summed E-state index contributed by atoms with van der Waals surface area (Å²) in [4.78, 5) is 18.1. The van der Waals surface area contributed by atoms with Crippen LogP contribution in [0.2, 0.25) is 0 Å². The molecule has 2 rings (SSSR count). The normalized spacial score (nSPS) is 16.7. The number of carbonyl (C=O) groups is 1. The van der Waals surface area contributed by atoms with Crippen molar-refractivity contribution < 1.29 is 4.79 Å². The molecule has 100 valence electrons. The molecule has 2 N–H and O–H groups in total. The van der Waals surface area contributed by atoms with Crippen molar-refractivity contribution in [1.29, 1.82) is 0 Å². The summed E-state index contributed by atoms with van der Waals surface area (Å²) in [6.07, 6.45) is 4.96. The smallest absolute Gasteiger partial charge is 0.290 e. The van der Waals surface area contributed by atoms with Gasteiger partial charge in [0.2, 0.25) is 5.82 Å². The molecule has 6 nitrogen and oxygen atoms in total. The largest absolute Gasteiger partial charge is 0.349 e. The summed E-state index contributed by atoms with van der Waals surface area (Å²) in [7, 11) is 0. The average molecular weight is 251 g/mol. The first-order valence-corrected chi connectivity index (χ1v) is 6.65. The third kappa shape index (κ3) is 3.80. The van der Waals surface area contributed by atoms with Gasteiger partial charge in [-0.25, -0.2) is 4.98 Å². The van der Waals surface area contributed by atoms with Gasteiger partial charge in [0, 0.05) is 6.54 Å². The molecule has 0 aromatic carbocycles. The van der Waals surface area contributed by atoms with Crippen molar-refractivity contribution >= 4 is 5.91 Å². The van der Waals surface area contributed by atoms with Gasteiger partial charge in [0.15, 0.2) is 0 Å². The summed E-state index contributed by atoms with van der Waals surface area (Å²) in [5.74, 6) is 0.692. The molecule has 1 aliphatic heterocycles. The zero-order valence-electron chi connectivity index (χ0n) is 10.9. The van der Waals surface area contributed by atoms with E-state index in [-0.39, 0.29) is 11.7 Å². The molecule has 1 aromatic heterocycles. The molecule has 1 saturated heterocycles. The number of piperidine rings is 1. The van der Waals surface area contributed by atoms with Gasteiger partial charge >= 0.3 is 0 Å². The molecule has 1 fully saturated rings. The van der Waals surface area contributed by atoms with Gasteiger partial charge in [-0.2, -0.15) is 0 Å². The summed E-state index contributed by atoms with van der Waals surface area (Å²) in [6, 6.07) is 0. The van der Waals surface area contributed by atoms with Gasteiger partial charge in [-0.05, 0) is 45.8 Å². The van der Waals surface area contributed by atoms with Crippen LogP contribution in [-0.4, -0.2) is 52.2 Å². The number of nitrogens with one attached hydrogen (secondary N) is 2.